The van der Waals surface area contributed by atoms with Crippen LogP contribution in [0.1, 0.15) is 84.7 Å². The third-order valence-electron chi connectivity index (χ3n) is 10.8. The van der Waals surface area contributed by atoms with E-state index in [1.165, 1.54) is 85.8 Å². The van der Waals surface area contributed by atoms with E-state index in [-0.39, 0.29) is 5.92 Å². The molecule has 45 heavy (non-hydrogen) atoms. The van der Waals surface area contributed by atoms with Crippen molar-refractivity contribution in [2.45, 2.75) is 81.8 Å². The first kappa shape index (κ1) is 32.1. The molecule has 0 radical (unpaired) electrons. The van der Waals surface area contributed by atoms with E-state index < -0.39 is 11.3 Å². The summed E-state index contributed by atoms with van der Waals surface area (Å²) < 4.78 is 9.56. The molecule has 9 heteroatoms. The van der Waals surface area contributed by atoms with Crippen LogP contribution in [0, 0.1) is 5.41 Å². The van der Waals surface area contributed by atoms with Crippen LogP contribution >= 0.6 is 12.8 Å². The van der Waals surface area contributed by atoms with Gasteiger partial charge in [-0.1, -0.05) is 38.1 Å². The molecule has 1 aromatic heterocycles. The number of nitrogens with two attached hydrogens (primary N) is 1. The molecule has 242 valence electrons. The highest BCUT2D eigenvalue weighted by Gasteiger charge is 2.58. The molecule has 2 aromatic carbocycles. The predicted molar refractivity (Wildman–Crippen MR) is 184 cm³/mol. The lowest BCUT2D eigenvalue weighted by molar-refractivity contribution is -0.112. The molecule has 2 saturated heterocycles. The minimum Gasteiger partial charge on any atom is -0.497 e. The van der Waals surface area contributed by atoms with Crippen molar-refractivity contribution in [3.8, 4) is 17.0 Å². The molecule has 2 saturated carbocycles. The van der Waals surface area contributed by atoms with Crippen molar-refractivity contribution < 1.29 is 14.3 Å². The van der Waals surface area contributed by atoms with Gasteiger partial charge in [0.2, 0.25) is 5.91 Å². The first-order valence-electron chi connectivity index (χ1n) is 16.6. The smallest absolute Gasteiger partial charge is 0.248 e. The van der Waals surface area contributed by atoms with Crippen molar-refractivity contribution in [1.29, 1.82) is 0 Å². The van der Waals surface area contributed by atoms with E-state index in [0.717, 1.165) is 36.1 Å². The highest BCUT2D eigenvalue weighted by Crippen LogP contribution is 2.64. The number of likely N-dealkylation sites (N-methyl/N-ethyl adjacent to an activating group) is 1. The van der Waals surface area contributed by atoms with Crippen molar-refractivity contribution in [1.82, 2.24) is 19.1 Å². The number of thiol groups is 1. The zero-order valence-corrected chi connectivity index (χ0v) is 28.1. The maximum Gasteiger partial charge on any atom is 0.248 e. The molecule has 8 nitrogen and oxygen atoms in total. The van der Waals surface area contributed by atoms with Gasteiger partial charge in [-0.25, -0.2) is 0 Å². The van der Waals surface area contributed by atoms with Crippen molar-refractivity contribution >= 4 is 35.9 Å². The van der Waals surface area contributed by atoms with Gasteiger partial charge in [-0.3, -0.25) is 14.0 Å². The number of hydrogen-bond acceptors (Lipinski definition) is 7. The van der Waals surface area contributed by atoms with Crippen LogP contribution in [-0.2, 0) is 11.3 Å². The van der Waals surface area contributed by atoms with E-state index >= 15 is 0 Å². The largest absolute Gasteiger partial charge is 0.497 e. The van der Waals surface area contributed by atoms with Gasteiger partial charge >= 0.3 is 0 Å². The van der Waals surface area contributed by atoms with Crippen molar-refractivity contribution in [3.05, 3.63) is 53.1 Å². The molecule has 3 aliphatic heterocycles. The standard InChI is InChI=1S/C27H28N2O3.C7H14N2.C2H7NS/c1-32-18-8-10-19-21(12-18)22-13-27(22,15-30)14-29-23-11-17(26(28)31)7-9-20(23)24(25(19)29)16-5-3-2-4-6-16;1-9-6-2-3-7(9)5-8-4-6;1-3(2)4/h7-12,15-16,22H,2-6,13-14H2,1H3,(H2,28,31);6-8H,2-5H2,1H3;4H,1-2H3. The zero-order chi connectivity index (χ0) is 31.9. The van der Waals surface area contributed by atoms with Gasteiger partial charge in [0.05, 0.1) is 18.2 Å². The maximum absolute atomic E-state index is 12.4. The lowest BCUT2D eigenvalue weighted by atomic mass is 9.81. The fraction of sp³-hybridized carbons (Fsp3) is 0.556. The molecule has 1 amide bonds. The molecule has 3 N–H and O–H groups in total. The number of amides is 1. The number of aromatic nitrogens is 1. The summed E-state index contributed by atoms with van der Waals surface area (Å²) in [7, 11) is 7.67. The summed E-state index contributed by atoms with van der Waals surface area (Å²) in [5.41, 5.74) is 11.8. The lowest BCUT2D eigenvalue weighted by Crippen LogP contribution is -2.49. The van der Waals surface area contributed by atoms with Crippen molar-refractivity contribution in [2.24, 2.45) is 11.1 Å². The van der Waals surface area contributed by atoms with Crippen LogP contribution < -0.4 is 15.8 Å². The van der Waals surface area contributed by atoms with E-state index in [1.54, 1.807) is 11.4 Å². The number of piperazine rings is 1. The topological polar surface area (TPSA) is 92.8 Å². The number of rotatable bonds is 4. The SMILES string of the molecule is CN(C)S.CN1C2CCC1CNC2.COc1ccc2c(c1)C1CC1(C=O)Cn1c-2c(C2CCCCC2)c2ccc(C(N)=O)cc21. The number of nitrogens with one attached hydrogen (secondary N) is 1. The Kier molecular flexibility index (Phi) is 9.35. The molecule has 4 heterocycles. The molecule has 2 aliphatic carbocycles. The van der Waals surface area contributed by atoms with Crippen LogP contribution in [0.25, 0.3) is 22.2 Å². The summed E-state index contributed by atoms with van der Waals surface area (Å²) in [5.74, 6) is 1.10. The van der Waals surface area contributed by atoms with Gasteiger partial charge in [0.25, 0.3) is 0 Å². The molecule has 4 fully saturated rings. The monoisotopic (exact) mass is 631 g/mol. The second-order valence-corrected chi connectivity index (χ2v) is 14.7. The molecule has 0 spiro atoms. The molecule has 3 aromatic rings. The van der Waals surface area contributed by atoms with Crippen LogP contribution in [0.15, 0.2) is 36.4 Å². The Morgan fingerprint density at radius 1 is 1.07 bits per heavy atom. The number of ether oxygens (including phenoxy) is 1. The number of nitrogens with zero attached hydrogens (tertiary/aromatic N) is 3. The Morgan fingerprint density at radius 3 is 2.36 bits per heavy atom. The predicted octanol–water partition coefficient (Wildman–Crippen LogP) is 5.59. The Hall–Kier alpha value is -2.85. The van der Waals surface area contributed by atoms with E-state index in [2.05, 4.69) is 52.8 Å². The fourth-order valence-electron chi connectivity index (χ4n) is 8.34. The highest BCUT2D eigenvalue weighted by atomic mass is 32.1. The fourth-order valence-corrected chi connectivity index (χ4v) is 8.34. The average Bonchev–Trinajstić information content (AvgIpc) is 3.66. The summed E-state index contributed by atoms with van der Waals surface area (Å²) in [6.07, 6.45) is 11.0. The Morgan fingerprint density at radius 2 is 1.76 bits per heavy atom. The van der Waals surface area contributed by atoms with Gasteiger partial charge in [0, 0.05) is 53.7 Å². The van der Waals surface area contributed by atoms with E-state index in [4.69, 9.17) is 10.5 Å². The average molecular weight is 632 g/mol. The third-order valence-corrected chi connectivity index (χ3v) is 10.8. The molecular weight excluding hydrogens is 582 g/mol. The van der Waals surface area contributed by atoms with Crippen LogP contribution in [0.2, 0.25) is 0 Å². The second-order valence-electron chi connectivity index (χ2n) is 13.9. The van der Waals surface area contributed by atoms with Crippen molar-refractivity contribution in [3.63, 3.8) is 0 Å². The van der Waals surface area contributed by atoms with Gasteiger partial charge in [-0.2, -0.15) is 0 Å². The van der Waals surface area contributed by atoms with Crippen LogP contribution in [0.3, 0.4) is 0 Å². The zero-order valence-electron chi connectivity index (χ0n) is 27.2. The molecule has 2 bridgehead atoms. The third kappa shape index (κ3) is 6.16. The van der Waals surface area contributed by atoms with E-state index in [9.17, 15) is 9.59 Å². The molecular formula is C36H49N5O3S. The number of methoxy groups -OCH3 is 1. The lowest BCUT2D eigenvalue weighted by Gasteiger charge is -2.31. The number of carbonyl (C=O) groups excluding carboxylic acids is 2. The van der Waals surface area contributed by atoms with Gasteiger partial charge in [-0.15, -0.1) is 0 Å². The number of aldehydes is 1. The van der Waals surface area contributed by atoms with Crippen LogP contribution in [0.5, 0.6) is 5.75 Å². The van der Waals surface area contributed by atoms with E-state index in [1.807, 2.05) is 32.3 Å². The van der Waals surface area contributed by atoms with Gasteiger partial charge in [-0.05, 0) is 107 Å². The summed E-state index contributed by atoms with van der Waals surface area (Å²) in [4.78, 5) is 26.9. The van der Waals surface area contributed by atoms with Gasteiger partial charge in [0.1, 0.15) is 12.0 Å². The van der Waals surface area contributed by atoms with Crippen LogP contribution in [-0.4, -0.2) is 79.4 Å². The summed E-state index contributed by atoms with van der Waals surface area (Å²) >= 11 is 3.80. The summed E-state index contributed by atoms with van der Waals surface area (Å²) in [6.45, 7) is 3.07. The number of fused-ring (bicyclic) bond motifs is 9. The molecule has 8 rings (SSSR count). The molecule has 4 unspecified atom stereocenters. The Labute approximate surface area is 273 Å². The number of carbonyl (C=O) groups is 2. The highest BCUT2D eigenvalue weighted by molar-refractivity contribution is 7.77. The normalized spacial score (nSPS) is 26.8. The second kappa shape index (κ2) is 13.1. The first-order chi connectivity index (χ1) is 21.7. The summed E-state index contributed by atoms with van der Waals surface area (Å²) in [6, 6.07) is 13.9. The Balaban J connectivity index is 0.000000228. The van der Waals surface area contributed by atoms with E-state index in [0.29, 0.717) is 18.0 Å². The van der Waals surface area contributed by atoms with Gasteiger partial charge in [0.15, 0.2) is 0 Å². The molecule has 5 aliphatic rings. The number of hydrogen-bond donors (Lipinski definition) is 3. The number of benzene rings is 2. The minimum absolute atomic E-state index is 0.207. The van der Waals surface area contributed by atoms with Crippen LogP contribution in [0.4, 0.5) is 0 Å². The first-order valence-corrected chi connectivity index (χ1v) is 17.0. The quantitative estimate of drug-likeness (QED) is 0.257. The van der Waals surface area contributed by atoms with Crippen molar-refractivity contribution in [2.75, 3.05) is 41.3 Å². The molecule has 4 atom stereocenters. The summed E-state index contributed by atoms with van der Waals surface area (Å²) in [5, 5.41) is 4.63. The minimum atomic E-state index is -0.421. The maximum atomic E-state index is 12.4. The Bertz CT molecular complexity index is 1540. The van der Waals surface area contributed by atoms with Gasteiger partial charge < -0.3 is 25.1 Å². The number of primary amides is 1.